The molecule has 0 atom stereocenters. The average molecular weight is 485 g/mol. The van der Waals surface area contributed by atoms with Gasteiger partial charge < -0.3 is 15.4 Å². The molecule has 0 spiro atoms. The number of alkyl halides is 3. The number of hydrogen-bond acceptors (Lipinski definition) is 3. The van der Waals surface area contributed by atoms with E-state index in [1.54, 1.807) is 36.4 Å². The summed E-state index contributed by atoms with van der Waals surface area (Å²) in [6.45, 7) is 2.66. The Morgan fingerprint density at radius 2 is 1.51 bits per heavy atom. The zero-order valence-electron chi connectivity index (χ0n) is 19.3. The van der Waals surface area contributed by atoms with Gasteiger partial charge in [-0.05, 0) is 61.0 Å². The maximum Gasteiger partial charge on any atom is 0.416 e. The van der Waals surface area contributed by atoms with Crippen molar-refractivity contribution in [2.45, 2.75) is 38.8 Å². The molecule has 0 aliphatic heterocycles. The Kier molecular flexibility index (Phi) is 8.89. The van der Waals surface area contributed by atoms with Gasteiger partial charge in [0.25, 0.3) is 11.8 Å². The maximum atomic E-state index is 12.9. The molecule has 0 bridgehead atoms. The number of carbonyl (C=O) groups is 2. The molecule has 0 unspecified atom stereocenters. The van der Waals surface area contributed by atoms with Gasteiger partial charge in [0.15, 0.2) is 0 Å². The number of rotatable bonds is 10. The quantitative estimate of drug-likeness (QED) is 0.300. The normalized spacial score (nSPS) is 11.1. The van der Waals surface area contributed by atoms with E-state index >= 15 is 0 Å². The number of carbonyl (C=O) groups excluding carboxylic acids is 2. The molecule has 0 saturated heterocycles. The van der Waals surface area contributed by atoms with Gasteiger partial charge in [-0.15, -0.1) is 0 Å². The molecule has 2 N–H and O–H groups in total. The number of unbranched alkanes of at least 4 members (excludes halogenated alkanes) is 3. The molecule has 0 heterocycles. The lowest BCUT2D eigenvalue weighted by Gasteiger charge is -2.12. The van der Waals surface area contributed by atoms with Gasteiger partial charge in [-0.3, -0.25) is 9.59 Å². The molecule has 0 aromatic heterocycles. The minimum Gasteiger partial charge on any atom is -0.493 e. The Bertz CT molecular complexity index is 1140. The van der Waals surface area contributed by atoms with Crippen molar-refractivity contribution >= 4 is 23.2 Å². The molecule has 0 fully saturated rings. The van der Waals surface area contributed by atoms with Crippen LogP contribution in [-0.2, 0) is 6.18 Å². The van der Waals surface area contributed by atoms with Crippen LogP contribution >= 0.6 is 0 Å². The molecule has 3 aromatic rings. The van der Waals surface area contributed by atoms with Crippen LogP contribution in [0.4, 0.5) is 24.5 Å². The lowest BCUT2D eigenvalue weighted by molar-refractivity contribution is -0.137. The second-order valence-corrected chi connectivity index (χ2v) is 7.97. The highest BCUT2D eigenvalue weighted by atomic mass is 19.4. The summed E-state index contributed by atoms with van der Waals surface area (Å²) >= 11 is 0. The monoisotopic (exact) mass is 484 g/mol. The first kappa shape index (κ1) is 25.8. The molecule has 2 amide bonds. The van der Waals surface area contributed by atoms with Crippen molar-refractivity contribution in [3.05, 3.63) is 89.5 Å². The molecular weight excluding hydrogens is 457 g/mol. The van der Waals surface area contributed by atoms with Crippen LogP contribution in [-0.4, -0.2) is 18.4 Å². The van der Waals surface area contributed by atoms with Crippen LogP contribution in [0.2, 0.25) is 0 Å². The summed E-state index contributed by atoms with van der Waals surface area (Å²) in [4.78, 5) is 25.2. The first-order chi connectivity index (χ1) is 16.8. The molecule has 0 saturated carbocycles. The zero-order chi connectivity index (χ0) is 25.3. The van der Waals surface area contributed by atoms with Crippen LogP contribution in [0.25, 0.3) is 0 Å². The lowest BCUT2D eigenvalue weighted by atomic mass is 10.1. The topological polar surface area (TPSA) is 67.4 Å². The lowest BCUT2D eigenvalue weighted by Crippen LogP contribution is -2.15. The Labute approximate surface area is 202 Å². The second-order valence-electron chi connectivity index (χ2n) is 7.97. The Morgan fingerprint density at radius 3 is 2.23 bits per heavy atom. The van der Waals surface area contributed by atoms with E-state index in [4.69, 9.17) is 4.74 Å². The molecule has 184 valence electrons. The summed E-state index contributed by atoms with van der Waals surface area (Å²) < 4.78 is 44.4. The van der Waals surface area contributed by atoms with Gasteiger partial charge in [-0.25, -0.2) is 0 Å². The average Bonchev–Trinajstić information content (AvgIpc) is 2.84. The van der Waals surface area contributed by atoms with Crippen molar-refractivity contribution in [1.29, 1.82) is 0 Å². The third-order valence-corrected chi connectivity index (χ3v) is 5.24. The Hall–Kier alpha value is -3.81. The largest absolute Gasteiger partial charge is 0.493 e. The van der Waals surface area contributed by atoms with Crippen molar-refractivity contribution < 1.29 is 27.5 Å². The summed E-state index contributed by atoms with van der Waals surface area (Å²) in [5.74, 6) is -0.419. The fourth-order valence-corrected chi connectivity index (χ4v) is 3.37. The molecule has 0 aliphatic carbocycles. The Morgan fingerprint density at radius 1 is 0.800 bits per heavy atom. The van der Waals surface area contributed by atoms with E-state index in [0.29, 0.717) is 23.6 Å². The van der Waals surface area contributed by atoms with Crippen LogP contribution in [0, 0.1) is 0 Å². The summed E-state index contributed by atoms with van der Waals surface area (Å²) in [5.41, 5.74) is 0.279. The van der Waals surface area contributed by atoms with Crippen molar-refractivity contribution in [3.63, 3.8) is 0 Å². The van der Waals surface area contributed by atoms with Gasteiger partial charge in [-0.1, -0.05) is 44.4 Å². The van der Waals surface area contributed by atoms with Crippen LogP contribution in [0.1, 0.15) is 58.9 Å². The van der Waals surface area contributed by atoms with Crippen molar-refractivity contribution in [3.8, 4) is 5.75 Å². The number of amides is 2. The first-order valence-corrected chi connectivity index (χ1v) is 11.4. The van der Waals surface area contributed by atoms with E-state index in [9.17, 15) is 22.8 Å². The van der Waals surface area contributed by atoms with Gasteiger partial charge >= 0.3 is 6.18 Å². The minimum absolute atomic E-state index is 0.0357. The SMILES string of the molecule is CCCCCCOc1ccccc1C(=O)Nc1ccc(C(=O)Nc2cccc(C(F)(F)F)c2)cc1. The number of anilines is 2. The highest BCUT2D eigenvalue weighted by Crippen LogP contribution is 2.30. The standard InChI is InChI=1S/C27H27F3N2O3/c1-2-3-4-7-17-35-24-12-6-5-11-23(24)26(34)31-21-15-13-19(14-16-21)25(33)32-22-10-8-9-20(18-22)27(28,29)30/h5-6,8-16,18H,2-4,7,17H2,1H3,(H,31,34)(H,32,33). The minimum atomic E-state index is -4.50. The molecular formula is C27H27F3N2O3. The summed E-state index contributed by atoms with van der Waals surface area (Å²) in [7, 11) is 0. The van der Waals surface area contributed by atoms with Gasteiger partial charge in [0.2, 0.25) is 0 Å². The van der Waals surface area contributed by atoms with Crippen LogP contribution in [0.15, 0.2) is 72.8 Å². The molecule has 35 heavy (non-hydrogen) atoms. The number of ether oxygens (including phenoxy) is 1. The van der Waals surface area contributed by atoms with Gasteiger partial charge in [0.1, 0.15) is 5.75 Å². The maximum absolute atomic E-state index is 12.9. The van der Waals surface area contributed by atoms with Crippen molar-refractivity contribution in [1.82, 2.24) is 0 Å². The van der Waals surface area contributed by atoms with E-state index < -0.39 is 17.6 Å². The van der Waals surface area contributed by atoms with E-state index in [1.165, 1.54) is 24.3 Å². The summed E-state index contributed by atoms with van der Waals surface area (Å²) in [6.07, 6.45) is -0.254. The van der Waals surface area contributed by atoms with Crippen LogP contribution in [0.5, 0.6) is 5.75 Å². The summed E-state index contributed by atoms with van der Waals surface area (Å²) in [6, 6.07) is 17.4. The number of hydrogen-bond donors (Lipinski definition) is 2. The fraction of sp³-hybridized carbons (Fsp3) is 0.259. The predicted molar refractivity (Wildman–Crippen MR) is 130 cm³/mol. The summed E-state index contributed by atoms with van der Waals surface area (Å²) in [5, 5.41) is 5.23. The van der Waals surface area contributed by atoms with E-state index in [-0.39, 0.29) is 17.2 Å². The van der Waals surface area contributed by atoms with E-state index in [0.717, 1.165) is 37.8 Å². The molecule has 5 nitrogen and oxygen atoms in total. The highest BCUT2D eigenvalue weighted by molar-refractivity contribution is 6.07. The van der Waals surface area contributed by atoms with Gasteiger partial charge in [0.05, 0.1) is 17.7 Å². The third-order valence-electron chi connectivity index (χ3n) is 5.24. The third kappa shape index (κ3) is 7.60. The van der Waals surface area contributed by atoms with Crippen LogP contribution < -0.4 is 15.4 Å². The number of para-hydroxylation sites is 1. The first-order valence-electron chi connectivity index (χ1n) is 11.4. The predicted octanol–water partition coefficient (Wildman–Crippen LogP) is 7.17. The number of halogens is 3. The molecule has 8 heteroatoms. The Balaban J connectivity index is 1.61. The zero-order valence-corrected chi connectivity index (χ0v) is 19.3. The molecule has 0 radical (unpaired) electrons. The van der Waals surface area contributed by atoms with Crippen LogP contribution in [0.3, 0.4) is 0 Å². The second kappa shape index (κ2) is 12.1. The molecule has 0 aliphatic rings. The van der Waals surface area contributed by atoms with E-state index in [2.05, 4.69) is 17.6 Å². The number of benzene rings is 3. The van der Waals surface area contributed by atoms with Gasteiger partial charge in [0, 0.05) is 16.9 Å². The number of nitrogens with one attached hydrogen (secondary N) is 2. The smallest absolute Gasteiger partial charge is 0.416 e. The van der Waals surface area contributed by atoms with Crippen molar-refractivity contribution in [2.75, 3.05) is 17.2 Å². The van der Waals surface area contributed by atoms with E-state index in [1.807, 2.05) is 0 Å². The van der Waals surface area contributed by atoms with Crippen molar-refractivity contribution in [2.24, 2.45) is 0 Å². The highest BCUT2D eigenvalue weighted by Gasteiger charge is 2.30. The molecule has 3 rings (SSSR count). The molecule has 3 aromatic carbocycles. The fourth-order valence-electron chi connectivity index (χ4n) is 3.37. The van der Waals surface area contributed by atoms with Gasteiger partial charge in [-0.2, -0.15) is 13.2 Å².